The predicted molar refractivity (Wildman–Crippen MR) is 108 cm³/mol. The van der Waals surface area contributed by atoms with Crippen LogP contribution in [0.3, 0.4) is 0 Å². The topological polar surface area (TPSA) is 47.6 Å². The average molecular weight is 359 g/mol. The molecule has 3 heteroatoms. The molecule has 3 unspecified atom stereocenters. The fraction of sp³-hybridized carbons (Fsp3) is 0.870. The predicted octanol–water partition coefficient (Wildman–Crippen LogP) is 5.31. The third-order valence-electron chi connectivity index (χ3n) is 9.07. The van der Waals surface area contributed by atoms with Crippen molar-refractivity contribution in [3.8, 4) is 0 Å². The van der Waals surface area contributed by atoms with E-state index in [1.54, 1.807) is 5.57 Å². The molecule has 0 saturated heterocycles. The number of hydrogen-bond donors (Lipinski definition) is 1. The van der Waals surface area contributed by atoms with Crippen LogP contribution in [-0.2, 0) is 4.84 Å². The van der Waals surface area contributed by atoms with Crippen LogP contribution >= 0.6 is 0 Å². The van der Waals surface area contributed by atoms with Crippen molar-refractivity contribution in [1.29, 1.82) is 0 Å². The van der Waals surface area contributed by atoms with Crippen LogP contribution < -0.4 is 5.73 Å². The second-order valence-corrected chi connectivity index (χ2v) is 10.1. The highest BCUT2D eigenvalue weighted by molar-refractivity contribution is 5.96. The Morgan fingerprint density at radius 1 is 1.12 bits per heavy atom. The summed E-state index contributed by atoms with van der Waals surface area (Å²) in [4.78, 5) is 5.48. The Morgan fingerprint density at radius 3 is 2.77 bits per heavy atom. The molecule has 3 fully saturated rings. The summed E-state index contributed by atoms with van der Waals surface area (Å²) in [5.41, 5.74) is 9.38. The minimum absolute atomic E-state index is 0.409. The minimum Gasteiger partial charge on any atom is -0.396 e. The van der Waals surface area contributed by atoms with Gasteiger partial charge in [-0.3, -0.25) is 0 Å². The highest BCUT2D eigenvalue weighted by Gasteiger charge is 2.57. The van der Waals surface area contributed by atoms with Crippen molar-refractivity contribution >= 4 is 5.71 Å². The van der Waals surface area contributed by atoms with Gasteiger partial charge in [0.15, 0.2) is 0 Å². The van der Waals surface area contributed by atoms with Crippen LogP contribution in [0.15, 0.2) is 16.8 Å². The molecular formula is C23H38N2O. The molecule has 0 aromatic heterocycles. The Hall–Kier alpha value is -0.830. The smallest absolute Gasteiger partial charge is 0.118 e. The Labute approximate surface area is 159 Å². The molecule has 0 spiro atoms. The Morgan fingerprint density at radius 2 is 1.96 bits per heavy atom. The first kappa shape index (κ1) is 18.5. The van der Waals surface area contributed by atoms with Crippen LogP contribution in [0.4, 0.5) is 0 Å². The fourth-order valence-electron chi connectivity index (χ4n) is 7.18. The molecule has 0 heterocycles. The third kappa shape index (κ3) is 2.85. The van der Waals surface area contributed by atoms with Gasteiger partial charge in [0.05, 0.1) is 5.71 Å². The summed E-state index contributed by atoms with van der Waals surface area (Å²) in [6, 6.07) is 0. The Balaban J connectivity index is 1.52. The van der Waals surface area contributed by atoms with E-state index in [0.717, 1.165) is 42.2 Å². The lowest BCUT2D eigenvalue weighted by atomic mass is 9.47. The maximum atomic E-state index is 5.53. The van der Waals surface area contributed by atoms with Crippen LogP contribution in [0.2, 0.25) is 0 Å². The van der Waals surface area contributed by atoms with E-state index in [9.17, 15) is 0 Å². The second-order valence-electron chi connectivity index (χ2n) is 10.1. The molecule has 6 atom stereocenters. The number of allylic oxidation sites excluding steroid dienone is 2. The maximum Gasteiger partial charge on any atom is 0.118 e. The van der Waals surface area contributed by atoms with Gasteiger partial charge in [-0.2, -0.15) is 0 Å². The average Bonchev–Trinajstić information content (AvgIpc) is 2.94. The minimum atomic E-state index is 0.409. The molecule has 146 valence electrons. The highest BCUT2D eigenvalue weighted by atomic mass is 16.6. The van der Waals surface area contributed by atoms with Gasteiger partial charge in [0.2, 0.25) is 0 Å². The first-order chi connectivity index (χ1) is 12.5. The van der Waals surface area contributed by atoms with E-state index in [2.05, 4.69) is 32.0 Å². The monoisotopic (exact) mass is 358 g/mol. The zero-order chi connectivity index (χ0) is 18.4. The first-order valence-electron chi connectivity index (χ1n) is 11.1. The number of hydrogen-bond acceptors (Lipinski definition) is 3. The first-order valence-corrected chi connectivity index (χ1v) is 11.1. The van der Waals surface area contributed by atoms with E-state index in [1.807, 2.05) is 0 Å². The largest absolute Gasteiger partial charge is 0.396 e. The summed E-state index contributed by atoms with van der Waals surface area (Å²) in [5.74, 6) is 3.75. The van der Waals surface area contributed by atoms with Crippen molar-refractivity contribution in [2.24, 2.45) is 45.4 Å². The summed E-state index contributed by atoms with van der Waals surface area (Å²) in [5, 5.41) is 4.41. The van der Waals surface area contributed by atoms with Crippen LogP contribution in [0, 0.1) is 34.5 Å². The van der Waals surface area contributed by atoms with Crippen molar-refractivity contribution in [2.75, 3.05) is 13.2 Å². The molecule has 26 heavy (non-hydrogen) atoms. The lowest BCUT2D eigenvalue weighted by Gasteiger charge is -2.58. The summed E-state index contributed by atoms with van der Waals surface area (Å²) >= 11 is 0. The molecule has 0 amide bonds. The van der Waals surface area contributed by atoms with E-state index in [4.69, 9.17) is 10.6 Å². The van der Waals surface area contributed by atoms with Gasteiger partial charge in [0.25, 0.3) is 0 Å². The zero-order valence-electron chi connectivity index (χ0n) is 17.1. The molecule has 0 bridgehead atoms. The molecule has 3 nitrogen and oxygen atoms in total. The van der Waals surface area contributed by atoms with E-state index in [0.29, 0.717) is 24.0 Å². The van der Waals surface area contributed by atoms with Crippen molar-refractivity contribution in [2.45, 2.75) is 78.6 Å². The molecule has 4 aliphatic rings. The summed E-state index contributed by atoms with van der Waals surface area (Å²) in [6.45, 7) is 9.02. The van der Waals surface area contributed by atoms with Gasteiger partial charge in [-0.05, 0) is 105 Å². The molecule has 0 aromatic rings. The van der Waals surface area contributed by atoms with E-state index < -0.39 is 0 Å². The number of nitrogens with two attached hydrogens (primary N) is 1. The van der Waals surface area contributed by atoms with Crippen LogP contribution in [0.5, 0.6) is 0 Å². The Bertz CT molecular complexity index is 597. The van der Waals surface area contributed by atoms with Crippen molar-refractivity contribution in [3.63, 3.8) is 0 Å². The van der Waals surface area contributed by atoms with Gasteiger partial charge < -0.3 is 10.6 Å². The van der Waals surface area contributed by atoms with Gasteiger partial charge >= 0.3 is 0 Å². The number of fused-ring (bicyclic) bond motifs is 5. The van der Waals surface area contributed by atoms with Gasteiger partial charge in [-0.25, -0.2) is 0 Å². The number of oxime groups is 1. The Kier molecular flexibility index (Phi) is 4.96. The van der Waals surface area contributed by atoms with Gasteiger partial charge in [-0.1, -0.05) is 31.5 Å². The van der Waals surface area contributed by atoms with Crippen molar-refractivity contribution in [3.05, 3.63) is 11.6 Å². The van der Waals surface area contributed by atoms with Crippen LogP contribution in [0.25, 0.3) is 0 Å². The SMILES string of the molecule is C[C@H]1CCC2C3CCC4=CC(=NOCCCN)CC[C@]4(C)C3CC[C@@]21C. The summed E-state index contributed by atoms with van der Waals surface area (Å²) < 4.78 is 0. The van der Waals surface area contributed by atoms with E-state index >= 15 is 0 Å². The maximum absolute atomic E-state index is 5.53. The van der Waals surface area contributed by atoms with Crippen LogP contribution in [-0.4, -0.2) is 18.9 Å². The molecular weight excluding hydrogens is 320 g/mol. The van der Waals surface area contributed by atoms with Crippen molar-refractivity contribution in [1.82, 2.24) is 0 Å². The number of rotatable bonds is 4. The normalized spacial score (nSPS) is 46.3. The van der Waals surface area contributed by atoms with Crippen molar-refractivity contribution < 1.29 is 4.84 Å². The molecule has 3 saturated carbocycles. The number of nitrogens with zero attached hydrogens (tertiary/aromatic N) is 1. The molecule has 0 aromatic carbocycles. The standard InChI is InChI=1S/C23H38N2O/c1-16-5-8-20-19-7-6-17-15-18(25-26-14-4-13-24)9-11-23(17,3)21(19)10-12-22(16,20)2/h15-16,19-21H,4-14,24H2,1-3H3/t16-,19?,20?,21?,22+,23-/m0/s1. The fourth-order valence-corrected chi connectivity index (χ4v) is 7.18. The summed E-state index contributed by atoms with van der Waals surface area (Å²) in [6.07, 6.45) is 14.1. The lowest BCUT2D eigenvalue weighted by molar-refractivity contribution is -0.0465. The molecule has 4 rings (SSSR count). The zero-order valence-corrected chi connectivity index (χ0v) is 17.1. The van der Waals surface area contributed by atoms with Gasteiger partial charge in [0, 0.05) is 0 Å². The van der Waals surface area contributed by atoms with Gasteiger partial charge in [0.1, 0.15) is 6.61 Å². The quantitative estimate of drug-likeness (QED) is 0.547. The van der Waals surface area contributed by atoms with Crippen LogP contribution in [0.1, 0.15) is 78.6 Å². The highest BCUT2D eigenvalue weighted by Crippen LogP contribution is 2.66. The molecule has 0 radical (unpaired) electrons. The van der Waals surface area contributed by atoms with Gasteiger partial charge in [-0.15, -0.1) is 0 Å². The van der Waals surface area contributed by atoms with E-state index in [-0.39, 0.29) is 0 Å². The summed E-state index contributed by atoms with van der Waals surface area (Å²) in [7, 11) is 0. The lowest BCUT2D eigenvalue weighted by Crippen LogP contribution is -2.50. The van der Waals surface area contributed by atoms with E-state index in [1.165, 1.54) is 44.9 Å². The molecule has 0 aliphatic heterocycles. The molecule has 2 N–H and O–H groups in total. The molecule has 4 aliphatic carbocycles. The second kappa shape index (κ2) is 6.96. The third-order valence-corrected chi connectivity index (χ3v) is 9.07.